The molecule has 0 unspecified atom stereocenters. The molecular weight excluding hydrogens is 240 g/mol. The molecule has 1 amide bonds. The molecule has 0 bridgehead atoms. The molecule has 0 aromatic heterocycles. The van der Waals surface area contributed by atoms with Crippen molar-refractivity contribution < 1.29 is 9.53 Å². The van der Waals surface area contributed by atoms with Gasteiger partial charge >= 0.3 is 0 Å². The first-order valence-electron chi connectivity index (χ1n) is 6.09. The molecule has 1 aromatic rings. The fourth-order valence-corrected chi connectivity index (χ4v) is 1.93. The Kier molecular flexibility index (Phi) is 4.21. The van der Waals surface area contributed by atoms with Crippen molar-refractivity contribution in [1.29, 1.82) is 5.26 Å². The van der Waals surface area contributed by atoms with Crippen LogP contribution in [0.25, 0.3) is 0 Å². The van der Waals surface area contributed by atoms with Crippen molar-refractivity contribution in [1.82, 2.24) is 0 Å². The second kappa shape index (κ2) is 5.31. The first kappa shape index (κ1) is 15.0. The van der Waals surface area contributed by atoms with E-state index in [2.05, 4.69) is 0 Å². The van der Waals surface area contributed by atoms with Gasteiger partial charge in [0.15, 0.2) is 0 Å². The molecule has 0 atom stereocenters. The van der Waals surface area contributed by atoms with E-state index in [1.165, 1.54) is 4.90 Å². The molecule has 0 saturated carbocycles. The van der Waals surface area contributed by atoms with E-state index in [9.17, 15) is 4.79 Å². The molecule has 0 N–H and O–H groups in total. The number of hydrogen-bond acceptors (Lipinski definition) is 3. The number of carbonyl (C=O) groups is 1. The van der Waals surface area contributed by atoms with Crippen molar-refractivity contribution in [3.8, 4) is 11.8 Å². The maximum Gasteiger partial charge on any atom is 0.246 e. The maximum atomic E-state index is 12.3. The average molecular weight is 260 g/mol. The summed E-state index contributed by atoms with van der Waals surface area (Å²) >= 11 is 0. The zero-order chi connectivity index (χ0) is 14.8. The Hall–Kier alpha value is -2.02. The fourth-order valence-electron chi connectivity index (χ4n) is 1.93. The zero-order valence-corrected chi connectivity index (χ0v) is 12.4. The lowest BCUT2D eigenvalue weighted by Crippen LogP contribution is -2.38. The lowest BCUT2D eigenvalue weighted by atomic mass is 9.93. The highest BCUT2D eigenvalue weighted by Gasteiger charge is 2.31. The third kappa shape index (κ3) is 2.87. The molecule has 4 nitrogen and oxygen atoms in total. The van der Waals surface area contributed by atoms with Gasteiger partial charge in [0.25, 0.3) is 0 Å². The standard InChI is InChI=1S/C15H20N2O2/c1-10-8-13(19-6)11(2)7-12(10)17(5)14(18)15(3,4)9-16/h7-8H,1-6H3. The highest BCUT2D eigenvalue weighted by molar-refractivity contribution is 5.99. The number of benzene rings is 1. The van der Waals surface area contributed by atoms with Crippen molar-refractivity contribution in [2.75, 3.05) is 19.1 Å². The van der Waals surface area contributed by atoms with Crippen LogP contribution in [0.4, 0.5) is 5.69 Å². The minimum absolute atomic E-state index is 0.220. The second-order valence-corrected chi connectivity index (χ2v) is 5.21. The molecule has 0 spiro atoms. The van der Waals surface area contributed by atoms with Gasteiger partial charge in [-0.2, -0.15) is 5.26 Å². The number of nitriles is 1. The monoisotopic (exact) mass is 260 g/mol. The Bertz CT molecular complexity index is 542. The number of aryl methyl sites for hydroxylation is 2. The van der Waals surface area contributed by atoms with E-state index in [1.807, 2.05) is 32.0 Å². The first-order valence-corrected chi connectivity index (χ1v) is 6.09. The van der Waals surface area contributed by atoms with Crippen LogP contribution in [-0.2, 0) is 4.79 Å². The quantitative estimate of drug-likeness (QED) is 0.839. The second-order valence-electron chi connectivity index (χ2n) is 5.21. The van der Waals surface area contributed by atoms with E-state index in [-0.39, 0.29) is 5.91 Å². The van der Waals surface area contributed by atoms with E-state index in [0.717, 1.165) is 22.6 Å². The van der Waals surface area contributed by atoms with Crippen LogP contribution in [0.2, 0.25) is 0 Å². The lowest BCUT2D eigenvalue weighted by molar-refractivity contribution is -0.123. The minimum Gasteiger partial charge on any atom is -0.496 e. The molecule has 0 fully saturated rings. The van der Waals surface area contributed by atoms with Gasteiger partial charge in [-0.15, -0.1) is 0 Å². The van der Waals surface area contributed by atoms with Crippen LogP contribution in [0.5, 0.6) is 5.75 Å². The van der Waals surface area contributed by atoms with Crippen LogP contribution in [0, 0.1) is 30.6 Å². The minimum atomic E-state index is -1.03. The van der Waals surface area contributed by atoms with Crippen molar-refractivity contribution in [3.05, 3.63) is 23.3 Å². The summed E-state index contributed by atoms with van der Waals surface area (Å²) in [7, 11) is 3.31. The average Bonchev–Trinajstić information content (AvgIpc) is 2.39. The molecule has 1 aromatic carbocycles. The Labute approximate surface area is 114 Å². The van der Waals surface area contributed by atoms with Crippen LogP contribution in [0.15, 0.2) is 12.1 Å². The smallest absolute Gasteiger partial charge is 0.246 e. The Morgan fingerprint density at radius 2 is 1.89 bits per heavy atom. The molecule has 0 aliphatic heterocycles. The molecule has 1 rings (SSSR count). The Balaban J connectivity index is 3.22. The summed E-state index contributed by atoms with van der Waals surface area (Å²) in [6.45, 7) is 7.09. The normalized spacial score (nSPS) is 10.8. The molecule has 0 aliphatic rings. The summed E-state index contributed by atoms with van der Waals surface area (Å²) in [5.41, 5.74) is 1.66. The Morgan fingerprint density at radius 3 is 2.37 bits per heavy atom. The van der Waals surface area contributed by atoms with Gasteiger partial charge in [-0.3, -0.25) is 4.79 Å². The first-order chi connectivity index (χ1) is 8.74. The number of anilines is 1. The van der Waals surface area contributed by atoms with Crippen molar-refractivity contribution in [2.24, 2.45) is 5.41 Å². The summed E-state index contributed by atoms with van der Waals surface area (Å²) in [5.74, 6) is 0.573. The SMILES string of the molecule is COc1cc(C)c(N(C)C(=O)C(C)(C)C#N)cc1C. The molecule has 19 heavy (non-hydrogen) atoms. The van der Waals surface area contributed by atoms with E-state index >= 15 is 0 Å². The highest BCUT2D eigenvalue weighted by Crippen LogP contribution is 2.30. The van der Waals surface area contributed by atoms with E-state index < -0.39 is 5.41 Å². The summed E-state index contributed by atoms with van der Waals surface area (Å²) < 4.78 is 5.25. The van der Waals surface area contributed by atoms with Crippen LogP contribution in [0.3, 0.4) is 0 Å². The number of nitrogens with zero attached hydrogens (tertiary/aromatic N) is 2. The third-order valence-corrected chi connectivity index (χ3v) is 3.19. The van der Waals surface area contributed by atoms with Crippen LogP contribution >= 0.6 is 0 Å². The molecule has 0 radical (unpaired) electrons. The zero-order valence-electron chi connectivity index (χ0n) is 12.4. The molecular formula is C15H20N2O2. The van der Waals surface area contributed by atoms with Crippen molar-refractivity contribution >= 4 is 11.6 Å². The fraction of sp³-hybridized carbons (Fsp3) is 0.467. The highest BCUT2D eigenvalue weighted by atomic mass is 16.5. The topological polar surface area (TPSA) is 53.3 Å². The number of amides is 1. The van der Waals surface area contributed by atoms with Crippen LogP contribution in [-0.4, -0.2) is 20.1 Å². The molecule has 0 aliphatic carbocycles. The van der Waals surface area contributed by atoms with Gasteiger partial charge in [-0.25, -0.2) is 0 Å². The summed E-state index contributed by atoms with van der Waals surface area (Å²) in [4.78, 5) is 13.8. The number of rotatable bonds is 3. The van der Waals surface area contributed by atoms with E-state index in [0.29, 0.717) is 0 Å². The van der Waals surface area contributed by atoms with E-state index in [4.69, 9.17) is 10.00 Å². The number of methoxy groups -OCH3 is 1. The molecule has 102 valence electrons. The van der Waals surface area contributed by atoms with E-state index in [1.54, 1.807) is 28.0 Å². The van der Waals surface area contributed by atoms with Gasteiger partial charge in [0.2, 0.25) is 5.91 Å². The lowest BCUT2D eigenvalue weighted by Gasteiger charge is -2.26. The Morgan fingerprint density at radius 1 is 1.32 bits per heavy atom. The molecule has 4 heteroatoms. The van der Waals surface area contributed by atoms with Gasteiger partial charge in [-0.05, 0) is 51.0 Å². The third-order valence-electron chi connectivity index (χ3n) is 3.19. The largest absolute Gasteiger partial charge is 0.496 e. The predicted octanol–water partition coefficient (Wildman–Crippen LogP) is 2.82. The van der Waals surface area contributed by atoms with Crippen LogP contribution < -0.4 is 9.64 Å². The van der Waals surface area contributed by atoms with Crippen LogP contribution in [0.1, 0.15) is 25.0 Å². The van der Waals surface area contributed by atoms with Gasteiger partial charge in [0, 0.05) is 12.7 Å². The number of hydrogen-bond donors (Lipinski definition) is 0. The van der Waals surface area contributed by atoms with Crippen molar-refractivity contribution in [3.63, 3.8) is 0 Å². The predicted molar refractivity (Wildman–Crippen MR) is 75.3 cm³/mol. The summed E-state index contributed by atoms with van der Waals surface area (Å²) in [6, 6.07) is 5.83. The van der Waals surface area contributed by atoms with Crippen molar-refractivity contribution in [2.45, 2.75) is 27.7 Å². The van der Waals surface area contributed by atoms with Gasteiger partial charge in [0.1, 0.15) is 11.2 Å². The van der Waals surface area contributed by atoms with Gasteiger partial charge in [0.05, 0.1) is 13.2 Å². The summed E-state index contributed by atoms with van der Waals surface area (Å²) in [6.07, 6.45) is 0. The summed E-state index contributed by atoms with van der Waals surface area (Å²) in [5, 5.41) is 9.05. The molecule has 0 heterocycles. The molecule has 0 saturated heterocycles. The number of carbonyl (C=O) groups excluding carboxylic acids is 1. The van der Waals surface area contributed by atoms with Gasteiger partial charge < -0.3 is 9.64 Å². The maximum absolute atomic E-state index is 12.3. The number of ether oxygens (including phenoxy) is 1. The van der Waals surface area contributed by atoms with Gasteiger partial charge in [-0.1, -0.05) is 0 Å².